The molecule has 0 aliphatic heterocycles. The van der Waals surface area contributed by atoms with E-state index in [9.17, 15) is 9.90 Å². The third kappa shape index (κ3) is 3.10. The maximum absolute atomic E-state index is 12.7. The van der Waals surface area contributed by atoms with Crippen LogP contribution >= 0.6 is 0 Å². The van der Waals surface area contributed by atoms with Crippen LogP contribution in [-0.2, 0) is 5.60 Å². The van der Waals surface area contributed by atoms with Gasteiger partial charge in [0.15, 0.2) is 0 Å². The summed E-state index contributed by atoms with van der Waals surface area (Å²) in [5.74, 6) is 0. The zero-order valence-electron chi connectivity index (χ0n) is 15.0. The molecule has 0 aromatic carbocycles. The van der Waals surface area contributed by atoms with Gasteiger partial charge in [-0.2, -0.15) is 0 Å². The van der Waals surface area contributed by atoms with Crippen LogP contribution in [-0.4, -0.2) is 24.6 Å². The predicted molar refractivity (Wildman–Crippen MR) is 105 cm³/mol. The summed E-state index contributed by atoms with van der Waals surface area (Å²) in [7, 11) is 0. The normalized spacial score (nSPS) is 12.5. The summed E-state index contributed by atoms with van der Waals surface area (Å²) in [4.78, 5) is 25.5. The molecule has 6 nitrogen and oxygen atoms in total. The summed E-state index contributed by atoms with van der Waals surface area (Å²) in [6.45, 7) is 0. The standard InChI is InChI=1S/C22H18N4O2/c27-20-10-2-4-14-26(20)21(19-9-1-3-13-25-19)22(28,17-7-5-11-23-15-17)18-8-6-12-24-16-18/h1-16,21,28H/t21-/m0/s1. The maximum atomic E-state index is 12.7. The molecule has 4 heterocycles. The summed E-state index contributed by atoms with van der Waals surface area (Å²) in [5, 5.41) is 12.2. The number of pyridine rings is 4. The molecule has 0 bridgehead atoms. The van der Waals surface area contributed by atoms with Gasteiger partial charge in [0.2, 0.25) is 0 Å². The smallest absolute Gasteiger partial charge is 0.251 e. The van der Waals surface area contributed by atoms with E-state index in [1.807, 2.05) is 6.07 Å². The Kier molecular flexibility index (Phi) is 4.78. The quantitative estimate of drug-likeness (QED) is 0.584. The molecule has 4 aromatic rings. The highest BCUT2D eigenvalue weighted by atomic mass is 16.3. The van der Waals surface area contributed by atoms with E-state index in [1.54, 1.807) is 85.7 Å². The lowest BCUT2D eigenvalue weighted by atomic mass is 9.79. The van der Waals surface area contributed by atoms with Crippen molar-refractivity contribution in [1.82, 2.24) is 19.5 Å². The molecule has 1 atom stereocenters. The van der Waals surface area contributed by atoms with E-state index in [1.165, 1.54) is 10.6 Å². The summed E-state index contributed by atoms with van der Waals surface area (Å²) in [6, 6.07) is 16.5. The van der Waals surface area contributed by atoms with Gasteiger partial charge in [0.1, 0.15) is 11.6 Å². The van der Waals surface area contributed by atoms with Gasteiger partial charge in [0.05, 0.1) is 5.69 Å². The Hall–Kier alpha value is -3.64. The number of hydrogen-bond donors (Lipinski definition) is 1. The first-order chi connectivity index (χ1) is 13.7. The van der Waals surface area contributed by atoms with Gasteiger partial charge in [-0.15, -0.1) is 0 Å². The molecule has 0 spiro atoms. The van der Waals surface area contributed by atoms with Gasteiger partial charge in [-0.1, -0.05) is 24.3 Å². The van der Waals surface area contributed by atoms with Crippen molar-refractivity contribution < 1.29 is 5.11 Å². The fourth-order valence-corrected chi connectivity index (χ4v) is 3.41. The summed E-state index contributed by atoms with van der Waals surface area (Å²) in [5.41, 5.74) is -0.249. The third-order valence-corrected chi connectivity index (χ3v) is 4.70. The number of hydrogen-bond acceptors (Lipinski definition) is 5. The molecular weight excluding hydrogens is 352 g/mol. The second-order valence-electron chi connectivity index (χ2n) is 6.35. The first kappa shape index (κ1) is 17.8. The first-order valence-corrected chi connectivity index (χ1v) is 8.83. The summed E-state index contributed by atoms with van der Waals surface area (Å²) >= 11 is 0. The van der Waals surface area contributed by atoms with Crippen molar-refractivity contribution in [2.75, 3.05) is 0 Å². The molecule has 28 heavy (non-hydrogen) atoms. The van der Waals surface area contributed by atoms with Crippen molar-refractivity contribution in [2.24, 2.45) is 0 Å². The molecule has 138 valence electrons. The minimum absolute atomic E-state index is 0.246. The first-order valence-electron chi connectivity index (χ1n) is 8.83. The molecule has 0 saturated carbocycles. The van der Waals surface area contributed by atoms with Gasteiger partial charge in [0, 0.05) is 54.4 Å². The lowest BCUT2D eigenvalue weighted by Gasteiger charge is -2.37. The lowest BCUT2D eigenvalue weighted by molar-refractivity contribution is 0.0347. The second-order valence-corrected chi connectivity index (χ2v) is 6.35. The van der Waals surface area contributed by atoms with Crippen LogP contribution in [0.2, 0.25) is 0 Å². The molecule has 4 aromatic heterocycles. The van der Waals surface area contributed by atoms with Crippen LogP contribution < -0.4 is 5.56 Å². The number of rotatable bonds is 5. The SMILES string of the molecule is O=c1ccccn1[C@@H](c1ccccn1)C(O)(c1cccnc1)c1cccnc1. The topological polar surface area (TPSA) is 80.9 Å². The van der Waals surface area contributed by atoms with Crippen molar-refractivity contribution in [3.8, 4) is 0 Å². The Labute approximate surface area is 161 Å². The van der Waals surface area contributed by atoms with Gasteiger partial charge in [-0.3, -0.25) is 19.7 Å². The molecule has 0 radical (unpaired) electrons. The van der Waals surface area contributed by atoms with E-state index in [4.69, 9.17) is 0 Å². The van der Waals surface area contributed by atoms with Crippen LogP contribution in [0.1, 0.15) is 22.9 Å². The van der Waals surface area contributed by atoms with Gasteiger partial charge in [0.25, 0.3) is 5.56 Å². The monoisotopic (exact) mass is 370 g/mol. The van der Waals surface area contributed by atoms with Crippen LogP contribution in [0.25, 0.3) is 0 Å². The van der Waals surface area contributed by atoms with E-state index in [0.717, 1.165) is 0 Å². The Morgan fingerprint density at radius 1 is 0.821 bits per heavy atom. The van der Waals surface area contributed by atoms with Crippen LogP contribution in [0.5, 0.6) is 0 Å². The van der Waals surface area contributed by atoms with Crippen molar-refractivity contribution in [3.63, 3.8) is 0 Å². The Morgan fingerprint density at radius 3 is 2.04 bits per heavy atom. The second kappa shape index (κ2) is 7.54. The molecule has 1 N–H and O–H groups in total. The molecule has 0 saturated heterocycles. The molecule has 0 aliphatic carbocycles. The Morgan fingerprint density at radius 2 is 1.50 bits per heavy atom. The van der Waals surface area contributed by atoms with Gasteiger partial charge in [-0.25, -0.2) is 0 Å². The third-order valence-electron chi connectivity index (χ3n) is 4.70. The largest absolute Gasteiger partial charge is 0.378 e. The maximum Gasteiger partial charge on any atom is 0.251 e. The van der Waals surface area contributed by atoms with Crippen LogP contribution in [0, 0.1) is 0 Å². The van der Waals surface area contributed by atoms with Crippen molar-refractivity contribution in [1.29, 1.82) is 0 Å². The average Bonchev–Trinajstić information content (AvgIpc) is 2.77. The molecule has 0 unspecified atom stereocenters. The Bertz CT molecular complexity index is 1060. The van der Waals surface area contributed by atoms with E-state index >= 15 is 0 Å². The number of aliphatic hydroxyl groups is 1. The highest BCUT2D eigenvalue weighted by molar-refractivity contribution is 5.38. The highest BCUT2D eigenvalue weighted by Gasteiger charge is 2.44. The van der Waals surface area contributed by atoms with Crippen molar-refractivity contribution in [2.45, 2.75) is 11.6 Å². The molecule has 0 amide bonds. The number of nitrogens with zero attached hydrogens (tertiary/aromatic N) is 4. The van der Waals surface area contributed by atoms with E-state index in [2.05, 4.69) is 15.0 Å². The zero-order valence-corrected chi connectivity index (χ0v) is 15.0. The van der Waals surface area contributed by atoms with Crippen LogP contribution in [0.3, 0.4) is 0 Å². The van der Waals surface area contributed by atoms with Gasteiger partial charge < -0.3 is 9.67 Å². The zero-order chi connectivity index (χ0) is 19.4. The minimum Gasteiger partial charge on any atom is -0.378 e. The fraction of sp³-hybridized carbons (Fsp3) is 0.0909. The van der Waals surface area contributed by atoms with Crippen LogP contribution in [0.15, 0.2) is 103 Å². The molecule has 6 heteroatoms. The molecule has 0 aliphatic rings. The molecular formula is C22H18N4O2. The van der Waals surface area contributed by atoms with E-state index < -0.39 is 11.6 Å². The fourth-order valence-electron chi connectivity index (χ4n) is 3.41. The molecule has 4 rings (SSSR count). The predicted octanol–water partition coefficient (Wildman–Crippen LogP) is 2.56. The highest BCUT2D eigenvalue weighted by Crippen LogP contribution is 2.41. The van der Waals surface area contributed by atoms with Crippen molar-refractivity contribution >= 4 is 0 Å². The van der Waals surface area contributed by atoms with E-state index in [-0.39, 0.29) is 5.56 Å². The average molecular weight is 370 g/mol. The van der Waals surface area contributed by atoms with Gasteiger partial charge in [-0.05, 0) is 30.3 Å². The summed E-state index contributed by atoms with van der Waals surface area (Å²) in [6.07, 6.45) is 9.76. The van der Waals surface area contributed by atoms with E-state index in [0.29, 0.717) is 16.8 Å². The Balaban J connectivity index is 2.06. The number of aromatic nitrogens is 4. The van der Waals surface area contributed by atoms with Crippen LogP contribution in [0.4, 0.5) is 0 Å². The summed E-state index contributed by atoms with van der Waals surface area (Å²) < 4.78 is 1.49. The molecule has 0 fully saturated rings. The van der Waals surface area contributed by atoms with Crippen molar-refractivity contribution in [3.05, 3.63) is 125 Å². The lowest BCUT2D eigenvalue weighted by Crippen LogP contribution is -2.43. The van der Waals surface area contributed by atoms with Gasteiger partial charge >= 0.3 is 0 Å². The minimum atomic E-state index is -1.62.